The van der Waals surface area contributed by atoms with Gasteiger partial charge in [-0.05, 0) is 55.5 Å². The molecule has 30 heavy (non-hydrogen) atoms. The van der Waals surface area contributed by atoms with Crippen molar-refractivity contribution in [1.82, 2.24) is 14.8 Å². The number of rotatable bonds is 6. The van der Waals surface area contributed by atoms with Crippen LogP contribution in [-0.2, 0) is 24.1 Å². The Morgan fingerprint density at radius 3 is 2.80 bits per heavy atom. The van der Waals surface area contributed by atoms with Crippen LogP contribution in [0.5, 0.6) is 5.75 Å². The summed E-state index contributed by atoms with van der Waals surface area (Å²) in [6.45, 7) is 3.48. The second kappa shape index (κ2) is 8.64. The smallest absolute Gasteiger partial charge is 0.151 e. The number of hydrogen-bond donors (Lipinski definition) is 0. The number of anilines is 1. The van der Waals surface area contributed by atoms with Gasteiger partial charge in [-0.1, -0.05) is 6.07 Å². The molecule has 158 valence electrons. The molecule has 0 N–H and O–H groups in total. The first kappa shape index (κ1) is 19.4. The molecule has 6 nitrogen and oxygen atoms in total. The van der Waals surface area contributed by atoms with Gasteiger partial charge >= 0.3 is 0 Å². The van der Waals surface area contributed by atoms with E-state index in [2.05, 4.69) is 56.2 Å². The van der Waals surface area contributed by atoms with Gasteiger partial charge in [0.05, 0.1) is 17.8 Å². The van der Waals surface area contributed by atoms with Gasteiger partial charge in [0.15, 0.2) is 5.82 Å². The SMILES string of the molecule is COCCn1ccc2c(OC3CCN(c4cc5c(nn4)CCCC5)CC3)cccc21. The number of aryl methyl sites for hydroxylation is 2. The zero-order valence-corrected chi connectivity index (χ0v) is 17.7. The van der Waals surface area contributed by atoms with E-state index >= 15 is 0 Å². The Balaban J connectivity index is 1.24. The average molecular weight is 407 g/mol. The van der Waals surface area contributed by atoms with Crippen LogP contribution in [0.25, 0.3) is 10.9 Å². The topological polar surface area (TPSA) is 52.4 Å². The summed E-state index contributed by atoms with van der Waals surface area (Å²) in [5.74, 6) is 2.02. The van der Waals surface area contributed by atoms with E-state index in [0.29, 0.717) is 6.61 Å². The highest BCUT2D eigenvalue weighted by Crippen LogP contribution is 2.30. The fraction of sp³-hybridized carbons (Fsp3) is 0.500. The van der Waals surface area contributed by atoms with Crippen LogP contribution in [0, 0.1) is 0 Å². The van der Waals surface area contributed by atoms with Gasteiger partial charge in [0, 0.05) is 51.2 Å². The first-order valence-corrected chi connectivity index (χ1v) is 11.2. The predicted molar refractivity (Wildman–Crippen MR) is 118 cm³/mol. The Hall–Kier alpha value is -2.60. The summed E-state index contributed by atoms with van der Waals surface area (Å²) in [6.07, 6.45) is 9.09. The number of fused-ring (bicyclic) bond motifs is 2. The molecule has 6 heteroatoms. The van der Waals surface area contributed by atoms with Gasteiger partial charge in [0.25, 0.3) is 0 Å². The molecule has 1 aliphatic heterocycles. The fourth-order valence-corrected chi connectivity index (χ4v) is 4.70. The first-order valence-electron chi connectivity index (χ1n) is 11.2. The molecular formula is C24H30N4O2. The van der Waals surface area contributed by atoms with Crippen LogP contribution in [0.15, 0.2) is 36.5 Å². The lowest BCUT2D eigenvalue weighted by atomic mass is 9.96. The van der Waals surface area contributed by atoms with E-state index in [1.165, 1.54) is 35.0 Å². The summed E-state index contributed by atoms with van der Waals surface area (Å²) >= 11 is 0. The Morgan fingerprint density at radius 1 is 1.07 bits per heavy atom. The van der Waals surface area contributed by atoms with Gasteiger partial charge in [0.1, 0.15) is 11.9 Å². The molecule has 3 heterocycles. The van der Waals surface area contributed by atoms with E-state index in [1.54, 1.807) is 7.11 Å². The average Bonchev–Trinajstić information content (AvgIpc) is 3.22. The largest absolute Gasteiger partial charge is 0.490 e. The monoisotopic (exact) mass is 406 g/mol. The molecule has 0 unspecified atom stereocenters. The van der Waals surface area contributed by atoms with Crippen molar-refractivity contribution < 1.29 is 9.47 Å². The molecule has 0 spiro atoms. The van der Waals surface area contributed by atoms with Crippen LogP contribution in [0.3, 0.4) is 0 Å². The minimum atomic E-state index is 0.236. The van der Waals surface area contributed by atoms with Crippen LogP contribution in [0.4, 0.5) is 5.82 Å². The second-order valence-electron chi connectivity index (χ2n) is 8.38. The number of aromatic nitrogens is 3. The molecule has 5 rings (SSSR count). The maximum atomic E-state index is 6.45. The Kier molecular flexibility index (Phi) is 5.58. The molecule has 1 aliphatic carbocycles. The van der Waals surface area contributed by atoms with Crippen LogP contribution in [-0.4, -0.2) is 47.7 Å². The first-order chi connectivity index (χ1) is 14.8. The maximum absolute atomic E-state index is 6.45. The number of ether oxygens (including phenoxy) is 2. The number of hydrogen-bond acceptors (Lipinski definition) is 5. The van der Waals surface area contributed by atoms with Crippen molar-refractivity contribution in [1.29, 1.82) is 0 Å². The van der Waals surface area contributed by atoms with Crippen molar-refractivity contribution in [2.24, 2.45) is 0 Å². The highest BCUT2D eigenvalue weighted by atomic mass is 16.5. The van der Waals surface area contributed by atoms with Crippen molar-refractivity contribution in [3.8, 4) is 5.75 Å². The van der Waals surface area contributed by atoms with Crippen molar-refractivity contribution in [3.05, 3.63) is 47.8 Å². The molecule has 0 bridgehead atoms. The standard InChI is InChI=1S/C24H30N4O2/c1-29-16-15-27-14-11-20-22(27)7-4-8-23(20)30-19-9-12-28(13-10-19)24-17-18-5-2-3-6-21(18)25-26-24/h4,7-8,11,14,17,19H,2-3,5-6,9-10,12-13,15-16H2,1H3. The van der Waals surface area contributed by atoms with Crippen LogP contribution < -0.4 is 9.64 Å². The van der Waals surface area contributed by atoms with Gasteiger partial charge in [-0.2, -0.15) is 5.10 Å². The summed E-state index contributed by atoms with van der Waals surface area (Å²) in [7, 11) is 1.74. The Labute approximate surface area is 177 Å². The number of methoxy groups -OCH3 is 1. The van der Waals surface area contributed by atoms with E-state index in [4.69, 9.17) is 9.47 Å². The van der Waals surface area contributed by atoms with Gasteiger partial charge in [-0.3, -0.25) is 0 Å². The van der Waals surface area contributed by atoms with Crippen molar-refractivity contribution in [2.45, 2.75) is 51.2 Å². The van der Waals surface area contributed by atoms with Crippen molar-refractivity contribution >= 4 is 16.7 Å². The third-order valence-corrected chi connectivity index (χ3v) is 6.43. The molecule has 0 saturated carbocycles. The Bertz CT molecular complexity index is 1010. The molecular weight excluding hydrogens is 376 g/mol. The zero-order chi connectivity index (χ0) is 20.3. The lowest BCUT2D eigenvalue weighted by Gasteiger charge is -2.33. The molecule has 0 atom stereocenters. The number of piperidine rings is 1. The van der Waals surface area contributed by atoms with E-state index < -0.39 is 0 Å². The summed E-state index contributed by atoms with van der Waals surface area (Å²) in [5.41, 5.74) is 3.80. The quantitative estimate of drug-likeness (QED) is 0.619. The molecule has 3 aromatic rings. The number of benzene rings is 1. The van der Waals surface area contributed by atoms with Crippen LogP contribution in [0.2, 0.25) is 0 Å². The van der Waals surface area contributed by atoms with Gasteiger partial charge < -0.3 is 18.9 Å². The van der Waals surface area contributed by atoms with Gasteiger partial charge in [-0.25, -0.2) is 0 Å². The highest BCUT2D eigenvalue weighted by molar-refractivity contribution is 5.86. The van der Waals surface area contributed by atoms with E-state index in [1.807, 2.05) is 0 Å². The summed E-state index contributed by atoms with van der Waals surface area (Å²) in [6, 6.07) is 10.7. The normalized spacial score (nSPS) is 17.3. The second-order valence-corrected chi connectivity index (χ2v) is 8.38. The zero-order valence-electron chi connectivity index (χ0n) is 17.7. The van der Waals surface area contributed by atoms with Crippen LogP contribution in [0.1, 0.15) is 36.9 Å². The van der Waals surface area contributed by atoms with Crippen molar-refractivity contribution in [3.63, 3.8) is 0 Å². The van der Waals surface area contributed by atoms with E-state index in [9.17, 15) is 0 Å². The maximum Gasteiger partial charge on any atom is 0.151 e. The molecule has 1 aromatic carbocycles. The number of nitrogens with zero attached hydrogens (tertiary/aromatic N) is 4. The van der Waals surface area contributed by atoms with E-state index in [-0.39, 0.29) is 6.10 Å². The summed E-state index contributed by atoms with van der Waals surface area (Å²) in [5, 5.41) is 10.2. The van der Waals surface area contributed by atoms with E-state index in [0.717, 1.165) is 56.9 Å². The molecule has 0 amide bonds. The molecule has 1 saturated heterocycles. The predicted octanol–water partition coefficient (Wildman–Crippen LogP) is 4.00. The lowest BCUT2D eigenvalue weighted by molar-refractivity contribution is 0.173. The minimum Gasteiger partial charge on any atom is -0.490 e. The minimum absolute atomic E-state index is 0.236. The summed E-state index contributed by atoms with van der Waals surface area (Å²) < 4.78 is 13.9. The molecule has 0 radical (unpaired) electrons. The highest BCUT2D eigenvalue weighted by Gasteiger charge is 2.23. The lowest BCUT2D eigenvalue weighted by Crippen LogP contribution is -2.39. The third-order valence-electron chi connectivity index (χ3n) is 6.43. The van der Waals surface area contributed by atoms with Gasteiger partial charge in [-0.15, -0.1) is 5.10 Å². The molecule has 2 aromatic heterocycles. The fourth-order valence-electron chi connectivity index (χ4n) is 4.70. The summed E-state index contributed by atoms with van der Waals surface area (Å²) in [4.78, 5) is 2.36. The molecule has 2 aliphatic rings. The van der Waals surface area contributed by atoms with Gasteiger partial charge in [0.2, 0.25) is 0 Å². The van der Waals surface area contributed by atoms with Crippen molar-refractivity contribution in [2.75, 3.05) is 31.7 Å². The third kappa shape index (κ3) is 3.88. The molecule has 1 fully saturated rings. The van der Waals surface area contributed by atoms with Crippen LogP contribution >= 0.6 is 0 Å². The Morgan fingerprint density at radius 2 is 1.93 bits per heavy atom.